The predicted octanol–water partition coefficient (Wildman–Crippen LogP) is 1.12. The van der Waals surface area contributed by atoms with Crippen LogP contribution in [0.15, 0.2) is 59.7 Å². The van der Waals surface area contributed by atoms with Gasteiger partial charge in [-0.15, -0.1) is 11.3 Å². The highest BCUT2D eigenvalue weighted by atomic mass is 32.1. The minimum absolute atomic E-state index is 0. The van der Waals surface area contributed by atoms with Crippen molar-refractivity contribution in [1.29, 1.82) is 0 Å². The van der Waals surface area contributed by atoms with E-state index in [2.05, 4.69) is 0 Å². The summed E-state index contributed by atoms with van der Waals surface area (Å²) in [6.45, 7) is 1.39. The molecule has 7 nitrogen and oxygen atoms in total. The molecule has 2 aliphatic rings. The van der Waals surface area contributed by atoms with Crippen LogP contribution in [0.5, 0.6) is 0 Å². The van der Waals surface area contributed by atoms with Crippen LogP contribution in [0.2, 0.25) is 0 Å². The molecule has 1 aromatic carbocycles. The van der Waals surface area contributed by atoms with Crippen LogP contribution >= 0.6 is 11.3 Å². The Kier molecular flexibility index (Phi) is 7.87. The number of ether oxygens (including phenoxy) is 1. The number of aliphatic hydroxyl groups excluding tert-OH is 4. The highest BCUT2D eigenvalue weighted by molar-refractivity contribution is 7.15. The third kappa shape index (κ3) is 5.11. The van der Waals surface area contributed by atoms with Crippen LogP contribution in [-0.2, 0) is 11.2 Å². The monoisotopic (exact) mass is 480 g/mol. The fourth-order valence-corrected chi connectivity index (χ4v) is 5.35. The zero-order valence-corrected chi connectivity index (χ0v) is 18.9. The van der Waals surface area contributed by atoms with E-state index in [9.17, 15) is 29.9 Å². The molecule has 0 amide bonds. The van der Waals surface area contributed by atoms with Gasteiger partial charge < -0.3 is 35.7 Å². The zero-order valence-electron chi connectivity index (χ0n) is 18.1. The second kappa shape index (κ2) is 10.1. The molecule has 1 aliphatic carbocycles. The van der Waals surface area contributed by atoms with Crippen molar-refractivity contribution in [1.82, 2.24) is 0 Å². The van der Waals surface area contributed by atoms with Crippen LogP contribution < -0.4 is 0 Å². The quantitative estimate of drug-likeness (QED) is 0.434. The van der Waals surface area contributed by atoms with Gasteiger partial charge in [-0.1, -0.05) is 29.4 Å². The third-order valence-electron chi connectivity index (χ3n) is 6.24. The van der Waals surface area contributed by atoms with Crippen LogP contribution in [-0.4, -0.2) is 73.7 Å². The highest BCUT2D eigenvalue weighted by Crippen LogP contribution is 2.39. The summed E-state index contributed by atoms with van der Waals surface area (Å²) in [5.74, 6) is -0.284. The van der Waals surface area contributed by atoms with Gasteiger partial charge in [-0.05, 0) is 42.8 Å². The summed E-state index contributed by atoms with van der Waals surface area (Å²) < 4.78 is 18.8. The second-order valence-corrected chi connectivity index (χ2v) is 9.66. The number of rotatable bonds is 5. The Morgan fingerprint density at radius 1 is 1.06 bits per heavy atom. The van der Waals surface area contributed by atoms with Crippen LogP contribution in [0.25, 0.3) is 10.4 Å². The number of hydrogen-bond donors (Lipinski definition) is 5. The van der Waals surface area contributed by atoms with E-state index in [-0.39, 0.29) is 17.7 Å². The lowest BCUT2D eigenvalue weighted by atomic mass is 9.77. The van der Waals surface area contributed by atoms with Gasteiger partial charge in [0, 0.05) is 22.6 Å². The summed E-state index contributed by atoms with van der Waals surface area (Å²) in [7, 11) is 0. The Balaban J connectivity index is 0.00000306. The SMILES string of the molecule is CC1=C(Cc2ccc(-c3ccc(F)cc3)s2)CC(O)([C@@H]2O[C@H](CO)[C@@H](O)[C@H](O)[C@H]2O)C=C1.O. The lowest BCUT2D eigenvalue weighted by Gasteiger charge is -2.47. The lowest BCUT2D eigenvalue weighted by molar-refractivity contribution is -0.261. The molecule has 0 spiro atoms. The van der Waals surface area contributed by atoms with Crippen LogP contribution in [0.3, 0.4) is 0 Å². The van der Waals surface area contributed by atoms with Gasteiger partial charge in [0.2, 0.25) is 0 Å². The molecule has 1 saturated heterocycles. The molecular weight excluding hydrogens is 451 g/mol. The van der Waals surface area contributed by atoms with E-state index in [1.807, 2.05) is 19.1 Å². The number of halogens is 1. The Morgan fingerprint density at radius 3 is 2.42 bits per heavy atom. The number of allylic oxidation sites excluding steroid dienone is 2. The molecule has 0 saturated carbocycles. The Bertz CT molecular complexity index is 1020. The molecule has 1 fully saturated rings. The summed E-state index contributed by atoms with van der Waals surface area (Å²) in [6, 6.07) is 10.3. The van der Waals surface area contributed by atoms with Crippen molar-refractivity contribution >= 4 is 11.3 Å². The standard InChI is InChI=1S/C24H27FO6S.H2O/c1-13-8-9-24(30,23-22(29)21(28)20(27)18(12-26)31-23)11-15(13)10-17-6-7-19(32-17)14-2-4-16(25)5-3-14;/h2-9,18,20-23,26-30H,10-12H2,1H3;1H2/t18-,20-,21+,22-,23-,24?;/m1./s1. The molecule has 2 heterocycles. The van der Waals surface area contributed by atoms with Gasteiger partial charge in [-0.3, -0.25) is 0 Å². The summed E-state index contributed by atoms with van der Waals surface area (Å²) >= 11 is 1.58. The van der Waals surface area contributed by atoms with Crippen molar-refractivity contribution in [3.05, 3.63) is 70.4 Å². The summed E-state index contributed by atoms with van der Waals surface area (Å²) in [4.78, 5) is 2.07. The fourth-order valence-electron chi connectivity index (χ4n) is 4.29. The van der Waals surface area contributed by atoms with E-state index >= 15 is 0 Å². The average molecular weight is 481 g/mol. The molecule has 180 valence electrons. The minimum atomic E-state index is -1.61. The van der Waals surface area contributed by atoms with Gasteiger partial charge in [0.1, 0.15) is 41.9 Å². The third-order valence-corrected chi connectivity index (χ3v) is 7.37. The number of aliphatic hydroxyl groups is 5. The Labute approximate surface area is 195 Å². The molecule has 1 aliphatic heterocycles. The van der Waals surface area contributed by atoms with E-state index < -0.39 is 42.7 Å². The molecule has 4 rings (SSSR count). The molecular formula is C24H29FO7S. The van der Waals surface area contributed by atoms with Gasteiger partial charge in [-0.25, -0.2) is 4.39 Å². The van der Waals surface area contributed by atoms with Crippen molar-refractivity contribution in [3.8, 4) is 10.4 Å². The van der Waals surface area contributed by atoms with E-state index in [4.69, 9.17) is 4.74 Å². The predicted molar refractivity (Wildman–Crippen MR) is 122 cm³/mol. The molecule has 9 heteroatoms. The first-order valence-electron chi connectivity index (χ1n) is 10.5. The minimum Gasteiger partial charge on any atom is -0.412 e. The topological polar surface area (TPSA) is 142 Å². The molecule has 2 aromatic rings. The second-order valence-electron chi connectivity index (χ2n) is 8.49. The molecule has 7 N–H and O–H groups in total. The maximum Gasteiger partial charge on any atom is 0.123 e. The number of hydrogen-bond acceptors (Lipinski definition) is 7. The van der Waals surface area contributed by atoms with Gasteiger partial charge in [0.05, 0.1) is 6.61 Å². The zero-order chi connectivity index (χ0) is 23.0. The van der Waals surface area contributed by atoms with Crippen molar-refractivity contribution in [2.75, 3.05) is 6.61 Å². The largest absolute Gasteiger partial charge is 0.412 e. The molecule has 0 radical (unpaired) electrons. The molecule has 1 unspecified atom stereocenters. The van der Waals surface area contributed by atoms with Crippen molar-refractivity contribution in [3.63, 3.8) is 0 Å². The molecule has 33 heavy (non-hydrogen) atoms. The summed E-state index contributed by atoms with van der Waals surface area (Å²) in [5, 5.41) is 51.5. The van der Waals surface area contributed by atoms with E-state index in [0.29, 0.717) is 6.42 Å². The van der Waals surface area contributed by atoms with Gasteiger partial charge >= 0.3 is 0 Å². The lowest BCUT2D eigenvalue weighted by Crippen LogP contribution is -2.65. The fraction of sp³-hybridized carbons (Fsp3) is 0.417. The first kappa shape index (κ1) is 25.7. The van der Waals surface area contributed by atoms with Gasteiger partial charge in [0.25, 0.3) is 0 Å². The molecule has 0 bridgehead atoms. The first-order valence-corrected chi connectivity index (χ1v) is 11.3. The Morgan fingerprint density at radius 2 is 1.76 bits per heavy atom. The Hall–Kier alpha value is -1.95. The maximum atomic E-state index is 13.2. The van der Waals surface area contributed by atoms with Crippen molar-refractivity contribution in [2.24, 2.45) is 0 Å². The van der Waals surface area contributed by atoms with Crippen LogP contribution in [0.4, 0.5) is 4.39 Å². The van der Waals surface area contributed by atoms with Gasteiger partial charge in [-0.2, -0.15) is 0 Å². The van der Waals surface area contributed by atoms with E-state index in [1.54, 1.807) is 29.5 Å². The van der Waals surface area contributed by atoms with E-state index in [0.717, 1.165) is 26.5 Å². The number of benzene rings is 1. The van der Waals surface area contributed by atoms with Gasteiger partial charge in [0.15, 0.2) is 0 Å². The molecule has 6 atom stereocenters. The average Bonchev–Trinajstić information content (AvgIpc) is 3.24. The van der Waals surface area contributed by atoms with Crippen LogP contribution in [0.1, 0.15) is 18.2 Å². The normalized spacial score (nSPS) is 32.0. The smallest absolute Gasteiger partial charge is 0.123 e. The summed E-state index contributed by atoms with van der Waals surface area (Å²) in [6.07, 6.45) is -2.80. The first-order chi connectivity index (χ1) is 15.2. The maximum absolute atomic E-state index is 13.2. The number of thiophene rings is 1. The van der Waals surface area contributed by atoms with E-state index in [1.165, 1.54) is 18.2 Å². The van der Waals surface area contributed by atoms with Crippen LogP contribution in [0, 0.1) is 5.82 Å². The van der Waals surface area contributed by atoms with Crippen molar-refractivity contribution < 1.29 is 40.1 Å². The highest BCUT2D eigenvalue weighted by Gasteiger charge is 2.52. The molecule has 1 aromatic heterocycles. The van der Waals surface area contributed by atoms with Crippen molar-refractivity contribution in [2.45, 2.75) is 55.9 Å². The summed E-state index contributed by atoms with van der Waals surface area (Å²) in [5.41, 5.74) is 1.24.